The predicted octanol–water partition coefficient (Wildman–Crippen LogP) is 2.13. The molecule has 1 aromatic carbocycles. The number of fused-ring (bicyclic) bond motifs is 2. The summed E-state index contributed by atoms with van der Waals surface area (Å²) >= 11 is 0. The van der Waals surface area contributed by atoms with E-state index in [9.17, 15) is 0 Å². The fraction of sp³-hybridized carbons (Fsp3) is 0.438. The lowest BCUT2D eigenvalue weighted by Gasteiger charge is -2.34. The molecule has 1 atom stereocenters. The van der Waals surface area contributed by atoms with Crippen LogP contribution in [0.2, 0.25) is 0 Å². The fourth-order valence-electron chi connectivity index (χ4n) is 3.38. The molecule has 4 nitrogen and oxygen atoms in total. The van der Waals surface area contributed by atoms with Gasteiger partial charge in [0.25, 0.3) is 0 Å². The van der Waals surface area contributed by atoms with Crippen LogP contribution < -0.4 is 5.32 Å². The summed E-state index contributed by atoms with van der Waals surface area (Å²) in [6, 6.07) is 9.30. The second-order valence-corrected chi connectivity index (χ2v) is 5.74. The fourth-order valence-corrected chi connectivity index (χ4v) is 3.38. The molecule has 0 bridgehead atoms. The molecule has 0 saturated heterocycles. The van der Waals surface area contributed by atoms with Crippen LogP contribution >= 0.6 is 0 Å². The number of hydrogen-bond donors (Lipinski definition) is 1. The maximum absolute atomic E-state index is 4.47. The highest BCUT2D eigenvalue weighted by atomic mass is 15.3. The van der Waals surface area contributed by atoms with Crippen LogP contribution in [0.1, 0.15) is 17.8 Å². The van der Waals surface area contributed by atoms with Crippen molar-refractivity contribution >= 4 is 5.69 Å². The molecule has 104 valence electrons. The van der Waals surface area contributed by atoms with Crippen LogP contribution in [-0.2, 0) is 19.5 Å². The third kappa shape index (κ3) is 2.10. The quantitative estimate of drug-likeness (QED) is 0.860. The van der Waals surface area contributed by atoms with Crippen LogP contribution in [0.5, 0.6) is 0 Å². The molecule has 0 aliphatic carbocycles. The van der Waals surface area contributed by atoms with Crippen molar-refractivity contribution in [2.24, 2.45) is 0 Å². The van der Waals surface area contributed by atoms with Crippen molar-refractivity contribution in [3.05, 3.63) is 48.0 Å². The SMILES string of the molecule is c1ccc2c(c1)CCC(N1CCn3ccnc3C1)CN2. The molecule has 0 radical (unpaired) electrons. The summed E-state index contributed by atoms with van der Waals surface area (Å²) in [5.41, 5.74) is 2.77. The highest BCUT2D eigenvalue weighted by molar-refractivity contribution is 5.52. The van der Waals surface area contributed by atoms with Crippen molar-refractivity contribution in [2.45, 2.75) is 32.0 Å². The van der Waals surface area contributed by atoms with Gasteiger partial charge in [0.2, 0.25) is 0 Å². The van der Waals surface area contributed by atoms with Gasteiger partial charge in [-0.1, -0.05) is 18.2 Å². The Balaban J connectivity index is 1.49. The molecule has 20 heavy (non-hydrogen) atoms. The molecule has 1 unspecified atom stereocenters. The molecule has 0 fully saturated rings. The van der Waals surface area contributed by atoms with E-state index < -0.39 is 0 Å². The number of benzene rings is 1. The van der Waals surface area contributed by atoms with Gasteiger partial charge in [0.1, 0.15) is 5.82 Å². The van der Waals surface area contributed by atoms with E-state index in [1.54, 1.807) is 0 Å². The van der Waals surface area contributed by atoms with Crippen LogP contribution in [0, 0.1) is 0 Å². The van der Waals surface area contributed by atoms with Crippen molar-refractivity contribution in [3.8, 4) is 0 Å². The molecule has 2 aromatic rings. The lowest BCUT2D eigenvalue weighted by molar-refractivity contribution is 0.152. The molecule has 4 rings (SSSR count). The summed E-state index contributed by atoms with van der Waals surface area (Å²) in [6.45, 7) is 4.22. The number of nitrogens with zero attached hydrogens (tertiary/aromatic N) is 3. The molecular formula is C16H20N4. The van der Waals surface area contributed by atoms with Crippen molar-refractivity contribution < 1.29 is 0 Å². The highest BCUT2D eigenvalue weighted by Crippen LogP contribution is 2.24. The van der Waals surface area contributed by atoms with Gasteiger partial charge >= 0.3 is 0 Å². The summed E-state index contributed by atoms with van der Waals surface area (Å²) in [7, 11) is 0. The lowest BCUT2D eigenvalue weighted by atomic mass is 10.0. The molecule has 2 aliphatic heterocycles. The van der Waals surface area contributed by atoms with E-state index in [4.69, 9.17) is 0 Å². The van der Waals surface area contributed by atoms with E-state index in [0.717, 1.165) is 26.2 Å². The molecule has 0 saturated carbocycles. The minimum absolute atomic E-state index is 0.604. The van der Waals surface area contributed by atoms with Gasteiger partial charge in [-0.15, -0.1) is 0 Å². The standard InChI is InChI=1S/C16H20N4/c1-2-4-15-13(3-1)5-6-14(11-18-15)20-10-9-19-8-7-17-16(19)12-20/h1-4,7-8,14,18H,5-6,9-12H2. The minimum Gasteiger partial charge on any atom is -0.383 e. The zero-order chi connectivity index (χ0) is 13.4. The normalized spacial score (nSPS) is 22.5. The lowest BCUT2D eigenvalue weighted by Crippen LogP contribution is -2.44. The molecule has 1 N–H and O–H groups in total. The summed E-state index contributed by atoms with van der Waals surface area (Å²) in [5, 5.41) is 3.62. The number of anilines is 1. The summed E-state index contributed by atoms with van der Waals surface area (Å²) < 4.78 is 2.27. The molecule has 4 heteroatoms. The Labute approximate surface area is 119 Å². The third-order valence-corrected chi connectivity index (χ3v) is 4.58. The van der Waals surface area contributed by atoms with Crippen LogP contribution in [0.25, 0.3) is 0 Å². The smallest absolute Gasteiger partial charge is 0.122 e. The van der Waals surface area contributed by atoms with Crippen LogP contribution in [-0.4, -0.2) is 33.6 Å². The Bertz CT molecular complexity index is 577. The van der Waals surface area contributed by atoms with E-state index in [2.05, 4.69) is 50.2 Å². The minimum atomic E-state index is 0.604. The molecular weight excluding hydrogens is 248 g/mol. The van der Waals surface area contributed by atoms with Gasteiger partial charge in [0, 0.05) is 43.8 Å². The van der Waals surface area contributed by atoms with Gasteiger partial charge in [-0.05, 0) is 24.5 Å². The monoisotopic (exact) mass is 268 g/mol. The second-order valence-electron chi connectivity index (χ2n) is 5.74. The van der Waals surface area contributed by atoms with Crippen LogP contribution in [0.3, 0.4) is 0 Å². The number of rotatable bonds is 1. The third-order valence-electron chi connectivity index (χ3n) is 4.58. The second kappa shape index (κ2) is 4.94. The van der Waals surface area contributed by atoms with Crippen LogP contribution in [0.15, 0.2) is 36.7 Å². The van der Waals surface area contributed by atoms with Crippen molar-refractivity contribution in [1.82, 2.24) is 14.5 Å². The first kappa shape index (κ1) is 12.0. The Morgan fingerprint density at radius 1 is 1.20 bits per heavy atom. The van der Waals surface area contributed by atoms with Gasteiger partial charge in [-0.2, -0.15) is 0 Å². The van der Waals surface area contributed by atoms with E-state index >= 15 is 0 Å². The van der Waals surface area contributed by atoms with Gasteiger partial charge in [-0.25, -0.2) is 4.98 Å². The summed E-state index contributed by atoms with van der Waals surface area (Å²) in [6.07, 6.45) is 6.40. The Hall–Kier alpha value is -1.81. The maximum atomic E-state index is 4.47. The van der Waals surface area contributed by atoms with Gasteiger partial charge < -0.3 is 9.88 Å². The van der Waals surface area contributed by atoms with Gasteiger partial charge in [0.15, 0.2) is 0 Å². The number of hydrogen-bond acceptors (Lipinski definition) is 3. The topological polar surface area (TPSA) is 33.1 Å². The van der Waals surface area contributed by atoms with Crippen LogP contribution in [0.4, 0.5) is 5.69 Å². The molecule has 3 heterocycles. The van der Waals surface area contributed by atoms with E-state index in [0.29, 0.717) is 6.04 Å². The predicted molar refractivity (Wildman–Crippen MR) is 79.7 cm³/mol. The first-order chi connectivity index (χ1) is 9.90. The molecule has 2 aliphatic rings. The largest absolute Gasteiger partial charge is 0.383 e. The Morgan fingerprint density at radius 3 is 3.15 bits per heavy atom. The number of nitrogens with one attached hydrogen (secondary N) is 1. The number of aryl methyl sites for hydroxylation is 1. The summed E-state index contributed by atoms with van der Waals surface area (Å²) in [4.78, 5) is 7.05. The number of para-hydroxylation sites is 1. The average molecular weight is 268 g/mol. The van der Waals surface area contributed by atoms with E-state index in [1.165, 1.54) is 29.9 Å². The first-order valence-electron chi connectivity index (χ1n) is 7.46. The summed E-state index contributed by atoms with van der Waals surface area (Å²) in [5.74, 6) is 1.21. The van der Waals surface area contributed by atoms with E-state index in [-0.39, 0.29) is 0 Å². The van der Waals surface area contributed by atoms with Crippen molar-refractivity contribution in [2.75, 3.05) is 18.4 Å². The zero-order valence-corrected chi connectivity index (χ0v) is 11.6. The maximum Gasteiger partial charge on any atom is 0.122 e. The number of imidazole rings is 1. The molecule has 0 amide bonds. The van der Waals surface area contributed by atoms with Gasteiger partial charge in [-0.3, -0.25) is 4.90 Å². The first-order valence-corrected chi connectivity index (χ1v) is 7.46. The Kier molecular flexibility index (Phi) is 2.96. The highest BCUT2D eigenvalue weighted by Gasteiger charge is 2.25. The Morgan fingerprint density at radius 2 is 2.15 bits per heavy atom. The average Bonchev–Trinajstić information content (AvgIpc) is 2.85. The van der Waals surface area contributed by atoms with Crippen molar-refractivity contribution in [1.29, 1.82) is 0 Å². The zero-order valence-electron chi connectivity index (χ0n) is 11.6. The molecule has 1 aromatic heterocycles. The van der Waals surface area contributed by atoms with Crippen molar-refractivity contribution in [3.63, 3.8) is 0 Å². The molecule has 0 spiro atoms. The van der Waals surface area contributed by atoms with E-state index in [1.807, 2.05) is 6.20 Å². The number of aromatic nitrogens is 2. The van der Waals surface area contributed by atoms with Gasteiger partial charge in [0.05, 0.1) is 6.54 Å².